The SMILES string of the molecule is c1ccc(-c2ccc(-c3c4ccccc4c(-c4ccc(-c5nc(-c6ccccc6)nc(-c6ccc7ccccc7c6)n5)cc4)c4ccccc34)cc2)cc1. The molecule has 0 unspecified atom stereocenters. The molecular formula is C51H33N3. The molecule has 0 aliphatic carbocycles. The van der Waals surface area contributed by atoms with Gasteiger partial charge in [-0.15, -0.1) is 0 Å². The van der Waals surface area contributed by atoms with Crippen LogP contribution >= 0.6 is 0 Å². The van der Waals surface area contributed by atoms with Crippen molar-refractivity contribution in [3.8, 4) is 67.5 Å². The maximum Gasteiger partial charge on any atom is 0.164 e. The third-order valence-corrected chi connectivity index (χ3v) is 10.3. The molecule has 0 saturated heterocycles. The van der Waals surface area contributed by atoms with E-state index in [4.69, 9.17) is 15.0 Å². The molecule has 54 heavy (non-hydrogen) atoms. The Hall–Kier alpha value is -7.23. The molecule has 0 spiro atoms. The molecule has 10 rings (SSSR count). The highest BCUT2D eigenvalue weighted by molar-refractivity contribution is 6.21. The van der Waals surface area contributed by atoms with E-state index in [2.05, 4.69) is 170 Å². The molecule has 0 saturated carbocycles. The summed E-state index contributed by atoms with van der Waals surface area (Å²) in [4.78, 5) is 15.0. The second-order valence-corrected chi connectivity index (χ2v) is 13.6. The molecule has 0 bridgehead atoms. The van der Waals surface area contributed by atoms with E-state index in [1.54, 1.807) is 0 Å². The van der Waals surface area contributed by atoms with Crippen molar-refractivity contribution in [1.82, 2.24) is 15.0 Å². The van der Waals surface area contributed by atoms with Gasteiger partial charge in [-0.05, 0) is 71.8 Å². The average molecular weight is 688 g/mol. The van der Waals surface area contributed by atoms with Gasteiger partial charge in [0.15, 0.2) is 17.5 Å². The lowest BCUT2D eigenvalue weighted by Crippen LogP contribution is -2.00. The zero-order chi connectivity index (χ0) is 35.8. The molecule has 3 nitrogen and oxygen atoms in total. The van der Waals surface area contributed by atoms with Crippen molar-refractivity contribution in [3.05, 3.63) is 200 Å². The fraction of sp³-hybridized carbons (Fsp3) is 0. The van der Waals surface area contributed by atoms with Gasteiger partial charge in [0.05, 0.1) is 0 Å². The first-order valence-electron chi connectivity index (χ1n) is 18.3. The molecule has 3 heteroatoms. The third kappa shape index (κ3) is 5.69. The number of rotatable bonds is 6. The van der Waals surface area contributed by atoms with Crippen molar-refractivity contribution >= 4 is 32.3 Å². The van der Waals surface area contributed by atoms with E-state index in [9.17, 15) is 0 Å². The van der Waals surface area contributed by atoms with E-state index in [0.29, 0.717) is 17.5 Å². The molecule has 9 aromatic carbocycles. The lowest BCUT2D eigenvalue weighted by molar-refractivity contribution is 1.07. The van der Waals surface area contributed by atoms with E-state index in [1.807, 2.05) is 30.3 Å². The summed E-state index contributed by atoms with van der Waals surface area (Å²) in [6.07, 6.45) is 0. The van der Waals surface area contributed by atoms with Crippen LogP contribution in [0.5, 0.6) is 0 Å². The van der Waals surface area contributed by atoms with Crippen LogP contribution in [0.25, 0.3) is 99.9 Å². The number of hydrogen-bond donors (Lipinski definition) is 0. The first-order valence-corrected chi connectivity index (χ1v) is 18.3. The quantitative estimate of drug-likeness (QED) is 0.163. The van der Waals surface area contributed by atoms with Crippen molar-refractivity contribution in [3.63, 3.8) is 0 Å². The van der Waals surface area contributed by atoms with Crippen LogP contribution in [0.3, 0.4) is 0 Å². The standard InChI is InChI=1S/C51H33N3/c1-3-13-34(14-4-1)36-23-26-37(27-24-36)47-43-19-9-11-21-45(43)48(46-22-12-10-20-44(46)47)38-28-30-40(31-29-38)50-52-49(39-16-5-2-6-17-39)53-51(54-50)42-32-25-35-15-7-8-18-41(35)33-42/h1-33H. The molecule has 1 aromatic heterocycles. The second kappa shape index (κ2) is 13.4. The predicted molar refractivity (Wildman–Crippen MR) is 225 cm³/mol. The van der Waals surface area contributed by atoms with Gasteiger partial charge >= 0.3 is 0 Å². The predicted octanol–water partition coefficient (Wildman–Crippen LogP) is 13.3. The minimum absolute atomic E-state index is 0.641. The van der Waals surface area contributed by atoms with Gasteiger partial charge in [0.1, 0.15) is 0 Å². The molecule has 0 radical (unpaired) electrons. The van der Waals surface area contributed by atoms with Crippen molar-refractivity contribution < 1.29 is 0 Å². The summed E-state index contributed by atoms with van der Waals surface area (Å²) in [5.74, 6) is 1.94. The minimum Gasteiger partial charge on any atom is -0.208 e. The Labute approximate surface area is 313 Å². The van der Waals surface area contributed by atoms with Gasteiger partial charge in [0.2, 0.25) is 0 Å². The first kappa shape index (κ1) is 31.5. The van der Waals surface area contributed by atoms with Gasteiger partial charge in [-0.3, -0.25) is 0 Å². The van der Waals surface area contributed by atoms with Crippen LogP contribution in [0.1, 0.15) is 0 Å². The molecule has 1 heterocycles. The minimum atomic E-state index is 0.641. The lowest BCUT2D eigenvalue weighted by Gasteiger charge is -2.18. The summed E-state index contributed by atoms with van der Waals surface area (Å²) >= 11 is 0. The summed E-state index contributed by atoms with van der Waals surface area (Å²) in [5, 5.41) is 7.23. The summed E-state index contributed by atoms with van der Waals surface area (Å²) in [6, 6.07) is 70.7. The fourth-order valence-electron chi connectivity index (χ4n) is 7.68. The molecule has 0 N–H and O–H groups in total. The number of aromatic nitrogens is 3. The Kier molecular flexibility index (Phi) is 7.81. The topological polar surface area (TPSA) is 38.7 Å². The van der Waals surface area contributed by atoms with Crippen LogP contribution in [-0.2, 0) is 0 Å². The summed E-state index contributed by atoms with van der Waals surface area (Å²) < 4.78 is 0. The fourth-order valence-corrected chi connectivity index (χ4v) is 7.68. The molecule has 0 amide bonds. The van der Waals surface area contributed by atoms with Crippen LogP contribution < -0.4 is 0 Å². The van der Waals surface area contributed by atoms with Gasteiger partial charge in [-0.25, -0.2) is 15.0 Å². The highest BCUT2D eigenvalue weighted by Gasteiger charge is 2.18. The molecule has 0 aliphatic rings. The molecule has 252 valence electrons. The van der Waals surface area contributed by atoms with Crippen molar-refractivity contribution in [1.29, 1.82) is 0 Å². The van der Waals surface area contributed by atoms with Crippen molar-refractivity contribution in [2.75, 3.05) is 0 Å². The normalized spacial score (nSPS) is 11.3. The van der Waals surface area contributed by atoms with E-state index >= 15 is 0 Å². The van der Waals surface area contributed by atoms with E-state index in [0.717, 1.165) is 27.6 Å². The number of benzene rings is 9. The van der Waals surface area contributed by atoms with Crippen LogP contribution in [-0.4, -0.2) is 15.0 Å². The van der Waals surface area contributed by atoms with Crippen LogP contribution in [0.2, 0.25) is 0 Å². The van der Waals surface area contributed by atoms with Gasteiger partial charge in [0.25, 0.3) is 0 Å². The Bertz CT molecular complexity index is 2900. The van der Waals surface area contributed by atoms with Gasteiger partial charge in [-0.1, -0.05) is 194 Å². The first-order chi connectivity index (χ1) is 26.8. The monoisotopic (exact) mass is 687 g/mol. The van der Waals surface area contributed by atoms with Gasteiger partial charge in [-0.2, -0.15) is 0 Å². The molecular weight excluding hydrogens is 655 g/mol. The zero-order valence-electron chi connectivity index (χ0n) is 29.4. The molecule has 0 atom stereocenters. The zero-order valence-corrected chi connectivity index (χ0v) is 29.4. The van der Waals surface area contributed by atoms with Gasteiger partial charge < -0.3 is 0 Å². The molecule has 0 fully saturated rings. The molecule has 10 aromatic rings. The number of hydrogen-bond acceptors (Lipinski definition) is 3. The highest BCUT2D eigenvalue weighted by Crippen LogP contribution is 2.44. The summed E-state index contributed by atoms with van der Waals surface area (Å²) in [6.45, 7) is 0. The van der Waals surface area contributed by atoms with Crippen molar-refractivity contribution in [2.45, 2.75) is 0 Å². The van der Waals surface area contributed by atoms with E-state index < -0.39 is 0 Å². The Morgan fingerprint density at radius 2 is 0.556 bits per heavy atom. The maximum atomic E-state index is 5.06. The Morgan fingerprint density at radius 3 is 1.07 bits per heavy atom. The second-order valence-electron chi connectivity index (χ2n) is 13.6. The van der Waals surface area contributed by atoms with Crippen molar-refractivity contribution in [2.24, 2.45) is 0 Å². The highest BCUT2D eigenvalue weighted by atomic mass is 15.0. The third-order valence-electron chi connectivity index (χ3n) is 10.3. The summed E-state index contributed by atoms with van der Waals surface area (Å²) in [7, 11) is 0. The van der Waals surface area contributed by atoms with Crippen LogP contribution in [0.4, 0.5) is 0 Å². The average Bonchev–Trinajstić information content (AvgIpc) is 3.26. The molecule has 0 aliphatic heterocycles. The maximum absolute atomic E-state index is 5.06. The van der Waals surface area contributed by atoms with Crippen LogP contribution in [0, 0.1) is 0 Å². The summed E-state index contributed by atoms with van der Waals surface area (Å²) in [5.41, 5.74) is 10.1. The van der Waals surface area contributed by atoms with Gasteiger partial charge in [0, 0.05) is 16.7 Å². The largest absolute Gasteiger partial charge is 0.208 e. The Morgan fingerprint density at radius 1 is 0.222 bits per heavy atom. The van der Waals surface area contributed by atoms with E-state index in [-0.39, 0.29) is 0 Å². The number of nitrogens with zero attached hydrogens (tertiary/aromatic N) is 3. The number of fused-ring (bicyclic) bond motifs is 3. The Balaban J connectivity index is 1.09. The lowest BCUT2D eigenvalue weighted by atomic mass is 9.85. The van der Waals surface area contributed by atoms with E-state index in [1.165, 1.54) is 54.7 Å². The smallest absolute Gasteiger partial charge is 0.164 e. The van der Waals surface area contributed by atoms with Crippen LogP contribution in [0.15, 0.2) is 200 Å².